The van der Waals surface area contributed by atoms with Gasteiger partial charge in [-0.1, -0.05) is 44.2 Å². The molecule has 0 saturated carbocycles. The molecule has 1 aromatic rings. The number of nitrogens with two attached hydrogens (primary N) is 4. The molecule has 0 heterocycles. The van der Waals surface area contributed by atoms with Gasteiger partial charge in [0.1, 0.15) is 36.3 Å². The first-order valence-corrected chi connectivity index (χ1v) is 18.9. The van der Waals surface area contributed by atoms with Gasteiger partial charge in [0.25, 0.3) is 0 Å². The molecule has 54 heavy (non-hydrogen) atoms. The predicted molar refractivity (Wildman–Crippen MR) is 203 cm³/mol. The largest absolute Gasteiger partial charge is 0.480 e. The highest BCUT2D eigenvalue weighted by Gasteiger charge is 2.33. The fraction of sp³-hybridized carbons (Fsp3) is 0.588. The lowest BCUT2D eigenvalue weighted by molar-refractivity contribution is -0.142. The van der Waals surface area contributed by atoms with E-state index in [9.17, 15) is 43.8 Å². The molecule has 1 rings (SSSR count). The molecular weight excluding hydrogens is 725 g/mol. The van der Waals surface area contributed by atoms with Crippen molar-refractivity contribution in [3.05, 3.63) is 35.9 Å². The van der Waals surface area contributed by atoms with Crippen LogP contribution in [0.3, 0.4) is 0 Å². The number of carbonyl (C=O) groups is 7. The number of thioether (sulfide) groups is 1. The van der Waals surface area contributed by atoms with E-state index in [-0.39, 0.29) is 63.4 Å². The Morgan fingerprint density at radius 3 is 1.80 bits per heavy atom. The number of aliphatic hydroxyl groups excluding tert-OH is 1. The average molecular weight is 781 g/mol. The molecule has 0 aliphatic heterocycles. The summed E-state index contributed by atoms with van der Waals surface area (Å²) in [6.07, 6.45) is 1.76. The van der Waals surface area contributed by atoms with Crippen molar-refractivity contribution >= 4 is 59.1 Å². The van der Waals surface area contributed by atoms with Crippen LogP contribution in [0.2, 0.25) is 0 Å². The van der Waals surface area contributed by atoms with E-state index in [2.05, 4.69) is 31.6 Å². The Bertz CT molecular complexity index is 1430. The van der Waals surface area contributed by atoms with Crippen LogP contribution in [-0.4, -0.2) is 119 Å². The third-order valence-corrected chi connectivity index (χ3v) is 8.55. The molecule has 19 nitrogen and oxygen atoms in total. The van der Waals surface area contributed by atoms with Crippen LogP contribution in [0.4, 0.5) is 0 Å². The number of rotatable bonds is 26. The molecule has 6 unspecified atom stereocenters. The topological polar surface area (TPSA) is 337 Å². The van der Waals surface area contributed by atoms with Crippen molar-refractivity contribution in [2.75, 3.05) is 25.2 Å². The second-order valence-corrected chi connectivity index (χ2v) is 14.0. The van der Waals surface area contributed by atoms with Crippen molar-refractivity contribution in [2.24, 2.45) is 33.8 Å². The summed E-state index contributed by atoms with van der Waals surface area (Å²) in [4.78, 5) is 94.3. The third-order valence-electron chi connectivity index (χ3n) is 7.91. The van der Waals surface area contributed by atoms with Gasteiger partial charge in [-0.2, -0.15) is 11.8 Å². The molecule has 0 bridgehead atoms. The Hall–Kier alpha value is -4.95. The highest BCUT2D eigenvalue weighted by molar-refractivity contribution is 7.98. The molecular formula is C34H56N10O9S. The van der Waals surface area contributed by atoms with E-state index in [1.807, 2.05) is 13.8 Å². The van der Waals surface area contributed by atoms with Gasteiger partial charge in [0.15, 0.2) is 5.96 Å². The zero-order valence-corrected chi connectivity index (χ0v) is 31.7. The maximum absolute atomic E-state index is 13.9. The number of hydrogen-bond donors (Lipinski definition) is 11. The molecule has 6 atom stereocenters. The van der Waals surface area contributed by atoms with Crippen LogP contribution < -0.4 is 49.5 Å². The molecule has 0 aliphatic rings. The van der Waals surface area contributed by atoms with Gasteiger partial charge < -0.3 is 59.7 Å². The number of aliphatic hydroxyl groups is 1. The third kappa shape index (κ3) is 18.7. The quantitative estimate of drug-likeness (QED) is 0.0257. The molecule has 20 heteroatoms. The standard InChI is InChI=1S/C34H56N10O9S/c1-19(2)16-25(43-30(49)23(13-15-54-3)41-29(48)22(11-12-27(36)46)40-28(47)21(35)18-45)31(50)44-26(17-20-8-5-4-6-9-20)32(51)42-24(33(52)53)10-7-14-39-34(37)38/h4-6,8-9,19,21-26,45H,7,10-18,35H2,1-3H3,(H2,36,46)(H,40,47)(H,41,48)(H,42,51)(H,43,49)(H,44,50)(H,52,53)(H4,37,38,39). The molecule has 0 aliphatic carbocycles. The fourth-order valence-corrected chi connectivity index (χ4v) is 5.51. The molecule has 0 radical (unpaired) electrons. The van der Waals surface area contributed by atoms with Gasteiger partial charge in [0, 0.05) is 19.4 Å². The summed E-state index contributed by atoms with van der Waals surface area (Å²) in [7, 11) is 0. The molecule has 15 N–H and O–H groups in total. The number of amides is 6. The summed E-state index contributed by atoms with van der Waals surface area (Å²) in [5.41, 5.74) is 22.1. The van der Waals surface area contributed by atoms with Crippen LogP contribution in [0.1, 0.15) is 57.9 Å². The molecule has 1 aromatic carbocycles. The highest BCUT2D eigenvalue weighted by atomic mass is 32.2. The fourth-order valence-electron chi connectivity index (χ4n) is 5.03. The van der Waals surface area contributed by atoms with E-state index in [0.29, 0.717) is 11.3 Å². The van der Waals surface area contributed by atoms with E-state index < -0.39 is 84.3 Å². The number of aliphatic imine (C=N–C) groups is 1. The minimum absolute atomic E-state index is 0.000346. The lowest BCUT2D eigenvalue weighted by Gasteiger charge is -2.28. The maximum atomic E-state index is 13.9. The first-order chi connectivity index (χ1) is 25.5. The van der Waals surface area contributed by atoms with Crippen LogP contribution >= 0.6 is 11.8 Å². The number of carbonyl (C=O) groups excluding carboxylic acids is 6. The number of benzene rings is 1. The number of guanidine groups is 1. The number of primary amides is 1. The second-order valence-electron chi connectivity index (χ2n) is 13.0. The number of carboxylic acid groups (broad SMARTS) is 1. The summed E-state index contributed by atoms with van der Waals surface area (Å²) in [5.74, 6) is -5.85. The number of aliphatic carboxylic acids is 1. The monoisotopic (exact) mass is 780 g/mol. The molecule has 6 amide bonds. The highest BCUT2D eigenvalue weighted by Crippen LogP contribution is 2.11. The van der Waals surface area contributed by atoms with Crippen molar-refractivity contribution in [1.29, 1.82) is 0 Å². The van der Waals surface area contributed by atoms with E-state index in [1.54, 1.807) is 36.6 Å². The number of hydrogen-bond acceptors (Lipinski definition) is 11. The first-order valence-electron chi connectivity index (χ1n) is 17.5. The maximum Gasteiger partial charge on any atom is 0.326 e. The van der Waals surface area contributed by atoms with Crippen molar-refractivity contribution in [3.63, 3.8) is 0 Å². The summed E-state index contributed by atoms with van der Waals surface area (Å²) < 4.78 is 0. The van der Waals surface area contributed by atoms with E-state index in [1.165, 1.54) is 11.8 Å². The molecule has 0 spiro atoms. The predicted octanol–water partition coefficient (Wildman–Crippen LogP) is -2.82. The Balaban J connectivity index is 3.31. The average Bonchev–Trinajstić information content (AvgIpc) is 3.11. The van der Waals surface area contributed by atoms with Crippen LogP contribution in [0.5, 0.6) is 0 Å². The van der Waals surface area contributed by atoms with Gasteiger partial charge in [-0.3, -0.25) is 33.8 Å². The number of nitrogens with one attached hydrogen (secondary N) is 5. The SMILES string of the molecule is CSCCC(NC(=O)C(CCC(N)=O)NC(=O)C(N)CO)C(=O)NC(CC(C)C)C(=O)NC(Cc1ccccc1)C(=O)NC(CCCN=C(N)N)C(=O)O. The Morgan fingerprint density at radius 1 is 0.741 bits per heavy atom. The normalized spacial score (nSPS) is 14.3. The number of nitrogens with zero attached hydrogens (tertiary/aromatic N) is 1. The summed E-state index contributed by atoms with van der Waals surface area (Å²) in [6.45, 7) is 3.07. The van der Waals surface area contributed by atoms with Crippen LogP contribution in [0.25, 0.3) is 0 Å². The lowest BCUT2D eigenvalue weighted by Crippen LogP contribution is -2.60. The van der Waals surface area contributed by atoms with Gasteiger partial charge in [0.05, 0.1) is 6.61 Å². The number of carboxylic acids is 1. The van der Waals surface area contributed by atoms with Gasteiger partial charge in [-0.05, 0) is 55.6 Å². The summed E-state index contributed by atoms with van der Waals surface area (Å²) in [5, 5.41) is 31.8. The Kier molecular flexibility index (Phi) is 21.9. The van der Waals surface area contributed by atoms with Crippen LogP contribution in [0, 0.1) is 5.92 Å². The van der Waals surface area contributed by atoms with Crippen molar-refractivity contribution in [3.8, 4) is 0 Å². The zero-order valence-electron chi connectivity index (χ0n) is 30.9. The van der Waals surface area contributed by atoms with E-state index in [4.69, 9.17) is 22.9 Å². The van der Waals surface area contributed by atoms with E-state index >= 15 is 0 Å². The van der Waals surface area contributed by atoms with Crippen LogP contribution in [-0.2, 0) is 40.0 Å². The smallest absolute Gasteiger partial charge is 0.326 e. The molecule has 0 saturated heterocycles. The Morgan fingerprint density at radius 2 is 1.26 bits per heavy atom. The van der Waals surface area contributed by atoms with E-state index in [0.717, 1.165) is 0 Å². The Labute approximate surface area is 318 Å². The van der Waals surface area contributed by atoms with Gasteiger partial charge >= 0.3 is 5.97 Å². The van der Waals surface area contributed by atoms with Crippen molar-refractivity contribution < 1.29 is 43.8 Å². The van der Waals surface area contributed by atoms with Crippen LogP contribution in [0.15, 0.2) is 35.3 Å². The molecule has 302 valence electrons. The summed E-state index contributed by atoms with van der Waals surface area (Å²) in [6, 6.07) is 1.08. The minimum atomic E-state index is -1.35. The van der Waals surface area contributed by atoms with Gasteiger partial charge in [0.2, 0.25) is 35.4 Å². The summed E-state index contributed by atoms with van der Waals surface area (Å²) >= 11 is 1.39. The minimum Gasteiger partial charge on any atom is -0.480 e. The zero-order chi connectivity index (χ0) is 40.8. The van der Waals surface area contributed by atoms with Crippen molar-refractivity contribution in [1.82, 2.24) is 26.6 Å². The van der Waals surface area contributed by atoms with Crippen molar-refractivity contribution in [2.45, 2.75) is 95.0 Å². The molecule has 0 fully saturated rings. The van der Waals surface area contributed by atoms with Gasteiger partial charge in [-0.25, -0.2) is 4.79 Å². The van der Waals surface area contributed by atoms with Gasteiger partial charge in [-0.15, -0.1) is 0 Å². The lowest BCUT2D eigenvalue weighted by atomic mass is 10.00. The second kappa shape index (κ2) is 25.1. The molecule has 0 aromatic heterocycles. The first kappa shape index (κ1) is 47.1.